The molecule has 2 N–H and O–H groups in total. The Morgan fingerprint density at radius 1 is 1.28 bits per heavy atom. The molecule has 29 heavy (non-hydrogen) atoms. The van der Waals surface area contributed by atoms with Crippen molar-refractivity contribution in [1.29, 1.82) is 0 Å². The Balaban J connectivity index is 1.54. The van der Waals surface area contributed by atoms with Gasteiger partial charge < -0.3 is 10.1 Å². The number of benzene rings is 1. The third-order valence-corrected chi connectivity index (χ3v) is 7.14. The van der Waals surface area contributed by atoms with E-state index in [4.69, 9.17) is 4.74 Å². The number of fused-ring (bicyclic) bond motifs is 1. The van der Waals surface area contributed by atoms with Gasteiger partial charge in [-0.05, 0) is 37.8 Å². The monoisotopic (exact) mass is 440 g/mol. The highest BCUT2D eigenvalue weighted by Crippen LogP contribution is 2.23. The molecule has 1 aromatic carbocycles. The second-order valence-electron chi connectivity index (χ2n) is 7.27. The van der Waals surface area contributed by atoms with Gasteiger partial charge in [-0.1, -0.05) is 25.8 Å². The summed E-state index contributed by atoms with van der Waals surface area (Å²) in [6.07, 6.45) is 4.19. The number of amides is 1. The fourth-order valence-electron chi connectivity index (χ4n) is 3.38. The van der Waals surface area contributed by atoms with Crippen LogP contribution in [0.25, 0.3) is 11.0 Å². The molecule has 1 saturated carbocycles. The van der Waals surface area contributed by atoms with E-state index < -0.39 is 28.6 Å². The van der Waals surface area contributed by atoms with Crippen molar-refractivity contribution in [1.82, 2.24) is 18.8 Å². The Morgan fingerprint density at radius 3 is 2.79 bits per heavy atom. The Labute approximate surface area is 173 Å². The quantitative estimate of drug-likeness (QED) is 0.626. The van der Waals surface area contributed by atoms with Gasteiger partial charge in [-0.3, -0.25) is 9.59 Å². The number of esters is 1. The van der Waals surface area contributed by atoms with Crippen LogP contribution >= 0.6 is 11.7 Å². The van der Waals surface area contributed by atoms with Crippen molar-refractivity contribution in [2.45, 2.75) is 56.5 Å². The molecule has 3 rings (SSSR count). The highest BCUT2D eigenvalue weighted by molar-refractivity contribution is 7.89. The fourth-order valence-corrected chi connectivity index (χ4v) is 5.34. The number of carbonyl (C=O) groups excluding carboxylic acids is 2. The topological polar surface area (TPSA) is 127 Å². The minimum Gasteiger partial charge on any atom is -0.454 e. The molecule has 1 fully saturated rings. The zero-order chi connectivity index (χ0) is 21.0. The smallest absolute Gasteiger partial charge is 0.324 e. The van der Waals surface area contributed by atoms with Gasteiger partial charge >= 0.3 is 5.97 Å². The van der Waals surface area contributed by atoms with Crippen LogP contribution in [0.15, 0.2) is 23.1 Å². The van der Waals surface area contributed by atoms with Gasteiger partial charge in [0.15, 0.2) is 6.61 Å². The van der Waals surface area contributed by atoms with Crippen molar-refractivity contribution in [3.8, 4) is 0 Å². The van der Waals surface area contributed by atoms with Gasteiger partial charge in [0.25, 0.3) is 5.91 Å². The fraction of sp³-hybridized carbons (Fsp3) is 0.556. The van der Waals surface area contributed by atoms with Gasteiger partial charge in [0.1, 0.15) is 22.0 Å². The van der Waals surface area contributed by atoms with Crippen LogP contribution in [0.5, 0.6) is 0 Å². The number of nitrogens with zero attached hydrogens (tertiary/aromatic N) is 2. The van der Waals surface area contributed by atoms with Crippen LogP contribution < -0.4 is 10.0 Å². The van der Waals surface area contributed by atoms with Crippen molar-refractivity contribution < 1.29 is 22.7 Å². The lowest BCUT2D eigenvalue weighted by atomic mass is 9.86. The average molecular weight is 441 g/mol. The van der Waals surface area contributed by atoms with Crippen molar-refractivity contribution in [3.05, 3.63) is 18.2 Å². The second kappa shape index (κ2) is 9.14. The first-order chi connectivity index (χ1) is 13.8. The molecule has 1 aliphatic rings. The molecule has 0 spiro atoms. The second-order valence-corrected chi connectivity index (χ2v) is 9.49. The summed E-state index contributed by atoms with van der Waals surface area (Å²) in [4.78, 5) is 24.2. The molecule has 9 nitrogen and oxygen atoms in total. The molecule has 0 aliphatic heterocycles. The molecule has 0 unspecified atom stereocenters. The number of sulfonamides is 1. The van der Waals surface area contributed by atoms with Crippen LogP contribution in [0, 0.1) is 5.92 Å². The number of aromatic nitrogens is 2. The van der Waals surface area contributed by atoms with Gasteiger partial charge in [0.05, 0.1) is 11.7 Å². The number of hydrogen-bond donors (Lipinski definition) is 2. The van der Waals surface area contributed by atoms with Crippen LogP contribution in [-0.2, 0) is 24.3 Å². The zero-order valence-electron chi connectivity index (χ0n) is 16.3. The van der Waals surface area contributed by atoms with Crippen molar-refractivity contribution >= 4 is 44.7 Å². The molecular formula is C18H24N4O5S2. The van der Waals surface area contributed by atoms with Crippen molar-refractivity contribution in [3.63, 3.8) is 0 Å². The minimum atomic E-state index is -4.02. The summed E-state index contributed by atoms with van der Waals surface area (Å²) in [6.45, 7) is 3.01. The lowest BCUT2D eigenvalue weighted by molar-refractivity contribution is -0.150. The largest absolute Gasteiger partial charge is 0.454 e. The number of hydrogen-bond acceptors (Lipinski definition) is 8. The molecule has 1 amide bonds. The molecule has 158 valence electrons. The summed E-state index contributed by atoms with van der Waals surface area (Å²) in [6, 6.07) is 3.52. The van der Waals surface area contributed by atoms with E-state index in [0.717, 1.165) is 37.4 Å². The molecule has 1 aromatic heterocycles. The third kappa shape index (κ3) is 5.28. The standard InChI is InChI=1S/C18H24N4O5S2/c1-11-6-3-4-7-13(11)19-16(23)10-27-18(24)12(2)22-29(25,26)15-9-5-8-14-17(15)21-28-20-14/h5,8-9,11-13,22H,3-4,6-7,10H2,1-2H3,(H,19,23)/t11-,12+,13-/m1/s1. The summed E-state index contributed by atoms with van der Waals surface area (Å²) >= 11 is 0.906. The van der Waals surface area contributed by atoms with E-state index in [1.807, 2.05) is 0 Å². The van der Waals surface area contributed by atoms with Crippen LogP contribution in [-0.4, -0.2) is 47.7 Å². The van der Waals surface area contributed by atoms with Gasteiger partial charge in [-0.15, -0.1) is 0 Å². The van der Waals surface area contributed by atoms with Crippen LogP contribution in [0.4, 0.5) is 0 Å². The lowest BCUT2D eigenvalue weighted by Crippen LogP contribution is -2.44. The van der Waals surface area contributed by atoms with E-state index in [2.05, 4.69) is 25.7 Å². The zero-order valence-corrected chi connectivity index (χ0v) is 17.9. The number of rotatable bonds is 7. The maximum atomic E-state index is 12.6. The lowest BCUT2D eigenvalue weighted by Gasteiger charge is -2.29. The molecule has 0 bridgehead atoms. The highest BCUT2D eigenvalue weighted by Gasteiger charge is 2.27. The molecule has 11 heteroatoms. The van der Waals surface area contributed by atoms with Crippen molar-refractivity contribution in [2.24, 2.45) is 5.92 Å². The summed E-state index contributed by atoms with van der Waals surface area (Å²) in [5.41, 5.74) is 0.702. The van der Waals surface area contributed by atoms with Gasteiger partial charge in [-0.25, -0.2) is 8.42 Å². The molecule has 1 aliphatic carbocycles. The number of nitrogens with one attached hydrogen (secondary N) is 2. The van der Waals surface area contributed by atoms with E-state index >= 15 is 0 Å². The predicted molar refractivity (Wildman–Crippen MR) is 108 cm³/mol. The Hall–Kier alpha value is -2.11. The Kier molecular flexibility index (Phi) is 6.81. The van der Waals surface area contributed by atoms with Crippen LogP contribution in [0.2, 0.25) is 0 Å². The van der Waals surface area contributed by atoms with E-state index in [1.165, 1.54) is 13.0 Å². The van der Waals surface area contributed by atoms with Gasteiger partial charge in [0, 0.05) is 6.04 Å². The summed E-state index contributed by atoms with van der Waals surface area (Å²) < 4.78 is 40.5. The number of carbonyl (C=O) groups is 2. The van der Waals surface area contributed by atoms with E-state index in [9.17, 15) is 18.0 Å². The van der Waals surface area contributed by atoms with Crippen LogP contribution in [0.1, 0.15) is 39.5 Å². The third-order valence-electron chi connectivity index (χ3n) is 5.03. The van der Waals surface area contributed by atoms with Gasteiger partial charge in [0.2, 0.25) is 10.0 Å². The SMILES string of the molecule is C[C@H](NS(=O)(=O)c1cccc2nsnc12)C(=O)OCC(=O)N[C@@H]1CCCC[C@H]1C. The van der Waals surface area contributed by atoms with E-state index in [-0.39, 0.29) is 22.4 Å². The maximum Gasteiger partial charge on any atom is 0.324 e. The van der Waals surface area contributed by atoms with E-state index in [1.54, 1.807) is 12.1 Å². The predicted octanol–water partition coefficient (Wildman–Crippen LogP) is 1.60. The minimum absolute atomic E-state index is 0.0626. The Bertz CT molecular complexity index is 991. The first-order valence-corrected chi connectivity index (χ1v) is 11.7. The molecule has 1 heterocycles. The normalized spacial score (nSPS) is 20.9. The first kappa shape index (κ1) is 21.6. The molecule has 2 aromatic rings. The van der Waals surface area contributed by atoms with Crippen molar-refractivity contribution in [2.75, 3.05) is 6.61 Å². The molecule has 3 atom stereocenters. The summed E-state index contributed by atoms with van der Waals surface area (Å²) in [5.74, 6) is -0.827. The average Bonchev–Trinajstić information content (AvgIpc) is 3.16. The maximum absolute atomic E-state index is 12.6. The molecule has 0 radical (unpaired) electrons. The van der Waals surface area contributed by atoms with E-state index in [0.29, 0.717) is 11.4 Å². The summed E-state index contributed by atoms with van der Waals surface area (Å²) in [5, 5.41) is 2.89. The number of ether oxygens (including phenoxy) is 1. The van der Waals surface area contributed by atoms with Gasteiger partial charge in [-0.2, -0.15) is 13.5 Å². The summed E-state index contributed by atoms with van der Waals surface area (Å²) in [7, 11) is -4.02. The highest BCUT2D eigenvalue weighted by atomic mass is 32.2. The molecular weight excluding hydrogens is 416 g/mol. The van der Waals surface area contributed by atoms with Crippen LogP contribution in [0.3, 0.4) is 0 Å². The first-order valence-electron chi connectivity index (χ1n) is 9.47. The Morgan fingerprint density at radius 2 is 2.03 bits per heavy atom. The molecule has 0 saturated heterocycles.